The molecule has 2 aromatic rings. The summed E-state index contributed by atoms with van der Waals surface area (Å²) in [6.07, 6.45) is 0. The van der Waals surface area contributed by atoms with Gasteiger partial charge in [0.25, 0.3) is 0 Å². The van der Waals surface area contributed by atoms with Gasteiger partial charge in [0.15, 0.2) is 0 Å². The smallest absolute Gasteiger partial charge is 0.489 e. The van der Waals surface area contributed by atoms with Crippen LogP contribution in [0.4, 0.5) is 0 Å². The zero-order chi connectivity index (χ0) is 18.2. The third-order valence-electron chi connectivity index (χ3n) is 4.96. The third kappa shape index (κ3) is 3.86. The lowest BCUT2D eigenvalue weighted by Crippen LogP contribution is -2.41. The maximum Gasteiger partial charge on any atom is 0.498 e. The van der Waals surface area contributed by atoms with E-state index in [0.29, 0.717) is 11.6 Å². The normalized spacial score (nSPS) is 18.4. The predicted octanol–water partition coefficient (Wildman–Crippen LogP) is 4.53. The number of hydrogen-bond acceptors (Lipinski definition) is 3. The van der Waals surface area contributed by atoms with Gasteiger partial charge in [-0.3, -0.25) is 0 Å². The second kappa shape index (κ2) is 6.67. The monoisotopic (exact) mass is 358 g/mol. The van der Waals surface area contributed by atoms with Crippen LogP contribution in [-0.4, -0.2) is 18.3 Å². The van der Waals surface area contributed by atoms with E-state index in [9.17, 15) is 0 Å². The Balaban J connectivity index is 1.84. The van der Waals surface area contributed by atoms with Crippen molar-refractivity contribution in [2.75, 3.05) is 0 Å². The van der Waals surface area contributed by atoms with Gasteiger partial charge in [-0.1, -0.05) is 41.4 Å². The van der Waals surface area contributed by atoms with Gasteiger partial charge in [0.2, 0.25) is 0 Å². The van der Waals surface area contributed by atoms with E-state index < -0.39 is 7.12 Å². The van der Waals surface area contributed by atoms with Crippen LogP contribution in [0.1, 0.15) is 38.8 Å². The Hall–Kier alpha value is -1.49. The van der Waals surface area contributed by atoms with Gasteiger partial charge in [-0.15, -0.1) is 0 Å². The van der Waals surface area contributed by atoms with E-state index in [4.69, 9.17) is 25.6 Å². The molecule has 0 spiro atoms. The minimum atomic E-state index is -0.445. The molecular formula is C20H24BClO3. The predicted molar refractivity (Wildman–Crippen MR) is 103 cm³/mol. The van der Waals surface area contributed by atoms with Crippen LogP contribution < -0.4 is 10.2 Å². The van der Waals surface area contributed by atoms with Crippen LogP contribution in [0.3, 0.4) is 0 Å². The molecule has 0 amide bonds. The molecular weight excluding hydrogens is 334 g/mol. The molecule has 0 aliphatic carbocycles. The minimum Gasteiger partial charge on any atom is -0.489 e. The van der Waals surface area contributed by atoms with E-state index in [1.54, 1.807) is 0 Å². The molecule has 0 atom stereocenters. The van der Waals surface area contributed by atoms with Gasteiger partial charge in [-0.05, 0) is 58.4 Å². The van der Waals surface area contributed by atoms with Crippen molar-refractivity contribution in [1.29, 1.82) is 0 Å². The lowest BCUT2D eigenvalue weighted by Gasteiger charge is -2.32. The Morgan fingerprint density at radius 1 is 1.00 bits per heavy atom. The quantitative estimate of drug-likeness (QED) is 0.752. The van der Waals surface area contributed by atoms with Gasteiger partial charge >= 0.3 is 7.12 Å². The molecule has 1 saturated heterocycles. The SMILES string of the molecule is Cc1ccc(OCc2cccc(Cl)c2)c(B2OC(C)(C)C(C)(C)O2)c1. The zero-order valence-electron chi connectivity index (χ0n) is 15.4. The van der Waals surface area contributed by atoms with Crippen molar-refractivity contribution >= 4 is 24.2 Å². The molecule has 1 aliphatic rings. The maximum absolute atomic E-state index is 6.19. The summed E-state index contributed by atoms with van der Waals surface area (Å²) in [5.74, 6) is 0.768. The largest absolute Gasteiger partial charge is 0.498 e. The van der Waals surface area contributed by atoms with E-state index in [1.807, 2.05) is 36.4 Å². The summed E-state index contributed by atoms with van der Waals surface area (Å²) in [5, 5.41) is 0.705. The van der Waals surface area contributed by atoms with Crippen LogP contribution in [0.5, 0.6) is 5.75 Å². The summed E-state index contributed by atoms with van der Waals surface area (Å²) in [6, 6.07) is 13.7. The number of ether oxygens (including phenoxy) is 1. The molecule has 0 saturated carbocycles. The maximum atomic E-state index is 6.19. The number of rotatable bonds is 4. The highest BCUT2D eigenvalue weighted by atomic mass is 35.5. The van der Waals surface area contributed by atoms with Crippen molar-refractivity contribution in [1.82, 2.24) is 0 Å². The van der Waals surface area contributed by atoms with Crippen molar-refractivity contribution in [2.45, 2.75) is 52.4 Å². The molecule has 0 unspecified atom stereocenters. The van der Waals surface area contributed by atoms with Crippen molar-refractivity contribution in [3.63, 3.8) is 0 Å². The fraction of sp³-hybridized carbons (Fsp3) is 0.400. The lowest BCUT2D eigenvalue weighted by atomic mass is 9.77. The summed E-state index contributed by atoms with van der Waals surface area (Å²) in [6.45, 7) is 10.7. The molecule has 0 aromatic heterocycles. The number of hydrogen-bond donors (Lipinski definition) is 0. The van der Waals surface area contributed by atoms with Crippen molar-refractivity contribution in [3.05, 3.63) is 58.6 Å². The fourth-order valence-corrected chi connectivity index (χ4v) is 2.95. The molecule has 0 radical (unpaired) electrons. The lowest BCUT2D eigenvalue weighted by molar-refractivity contribution is 0.00578. The van der Waals surface area contributed by atoms with Crippen LogP contribution in [0.15, 0.2) is 42.5 Å². The van der Waals surface area contributed by atoms with E-state index in [2.05, 4.69) is 40.7 Å². The standard InChI is InChI=1S/C20H24BClO3/c1-14-9-10-18(23-13-15-7-6-8-16(22)12-15)17(11-14)21-24-19(2,3)20(4,5)25-21/h6-12H,13H2,1-5H3. The summed E-state index contributed by atoms with van der Waals surface area (Å²) < 4.78 is 18.5. The molecule has 1 aliphatic heterocycles. The van der Waals surface area contributed by atoms with Gasteiger partial charge in [-0.25, -0.2) is 0 Å². The average Bonchev–Trinajstić information content (AvgIpc) is 2.74. The summed E-state index contributed by atoms with van der Waals surface area (Å²) in [4.78, 5) is 0. The van der Waals surface area contributed by atoms with E-state index in [-0.39, 0.29) is 11.2 Å². The molecule has 3 nitrogen and oxygen atoms in total. The minimum absolute atomic E-state index is 0.383. The van der Waals surface area contributed by atoms with E-state index in [1.165, 1.54) is 0 Å². The molecule has 0 N–H and O–H groups in total. The van der Waals surface area contributed by atoms with Crippen LogP contribution in [0.2, 0.25) is 5.02 Å². The molecule has 1 fully saturated rings. The second-order valence-electron chi connectivity index (χ2n) is 7.55. The fourth-order valence-electron chi connectivity index (χ4n) is 2.74. The Bertz CT molecular complexity index is 757. The van der Waals surface area contributed by atoms with Gasteiger partial charge < -0.3 is 14.0 Å². The Labute approximate surface area is 155 Å². The number of halogens is 1. The molecule has 25 heavy (non-hydrogen) atoms. The van der Waals surface area contributed by atoms with Crippen molar-refractivity contribution < 1.29 is 14.0 Å². The number of benzene rings is 2. The summed E-state index contributed by atoms with van der Waals surface area (Å²) >= 11 is 6.05. The van der Waals surface area contributed by atoms with E-state index >= 15 is 0 Å². The third-order valence-corrected chi connectivity index (χ3v) is 5.19. The first-order valence-electron chi connectivity index (χ1n) is 8.51. The zero-order valence-corrected chi connectivity index (χ0v) is 16.2. The average molecular weight is 359 g/mol. The van der Waals surface area contributed by atoms with Crippen molar-refractivity contribution in [3.8, 4) is 5.75 Å². The molecule has 2 aromatic carbocycles. The molecule has 132 valence electrons. The van der Waals surface area contributed by atoms with Crippen LogP contribution in [-0.2, 0) is 15.9 Å². The Morgan fingerprint density at radius 3 is 2.32 bits per heavy atom. The van der Waals surface area contributed by atoms with Gasteiger partial charge in [0.1, 0.15) is 12.4 Å². The second-order valence-corrected chi connectivity index (χ2v) is 7.98. The highest BCUT2D eigenvalue weighted by molar-refractivity contribution is 6.63. The van der Waals surface area contributed by atoms with Gasteiger partial charge in [0.05, 0.1) is 11.2 Å². The first-order valence-corrected chi connectivity index (χ1v) is 8.89. The van der Waals surface area contributed by atoms with Gasteiger partial charge in [0, 0.05) is 10.5 Å². The van der Waals surface area contributed by atoms with Gasteiger partial charge in [-0.2, -0.15) is 0 Å². The molecule has 3 rings (SSSR count). The first-order chi connectivity index (χ1) is 11.7. The molecule has 5 heteroatoms. The number of aryl methyl sites for hydroxylation is 1. The molecule has 1 heterocycles. The topological polar surface area (TPSA) is 27.7 Å². The molecule has 0 bridgehead atoms. The highest BCUT2D eigenvalue weighted by Crippen LogP contribution is 2.37. The Morgan fingerprint density at radius 2 is 1.68 bits per heavy atom. The van der Waals surface area contributed by atoms with Crippen LogP contribution in [0, 0.1) is 6.92 Å². The van der Waals surface area contributed by atoms with Crippen LogP contribution >= 0.6 is 11.6 Å². The summed E-state index contributed by atoms with van der Waals surface area (Å²) in [5.41, 5.74) is 2.31. The first kappa shape index (κ1) is 18.3. The highest BCUT2D eigenvalue weighted by Gasteiger charge is 2.52. The van der Waals surface area contributed by atoms with Crippen LogP contribution in [0.25, 0.3) is 0 Å². The van der Waals surface area contributed by atoms with E-state index in [0.717, 1.165) is 22.3 Å². The Kier molecular flexibility index (Phi) is 4.89. The van der Waals surface area contributed by atoms with Crippen molar-refractivity contribution in [2.24, 2.45) is 0 Å². The summed E-state index contributed by atoms with van der Waals surface area (Å²) in [7, 11) is -0.445.